The third-order valence-corrected chi connectivity index (χ3v) is 5.78. The van der Waals surface area contributed by atoms with E-state index < -0.39 is 23.1 Å². The third-order valence-electron chi connectivity index (χ3n) is 5.57. The van der Waals surface area contributed by atoms with Crippen LogP contribution in [0.25, 0.3) is 0 Å². The van der Waals surface area contributed by atoms with Crippen molar-refractivity contribution in [1.82, 2.24) is 14.9 Å². The smallest absolute Gasteiger partial charge is 0.294 e. The van der Waals surface area contributed by atoms with Gasteiger partial charge in [0.15, 0.2) is 0 Å². The summed E-state index contributed by atoms with van der Waals surface area (Å²) in [4.78, 5) is 42.4. The van der Waals surface area contributed by atoms with Crippen molar-refractivity contribution in [3.63, 3.8) is 0 Å². The number of carbonyl (C=O) groups is 3. The zero-order valence-electron chi connectivity index (χ0n) is 17.5. The highest BCUT2D eigenvalue weighted by molar-refractivity contribution is 6.43. The first-order chi connectivity index (χ1) is 14.1. The second-order valence-corrected chi connectivity index (χ2v) is 8.16. The lowest BCUT2D eigenvalue weighted by Crippen LogP contribution is -2.51. The van der Waals surface area contributed by atoms with Crippen LogP contribution in [-0.2, 0) is 16.6 Å². The number of Topliss-reactive ketones (excluding diaryl/α,β-unsaturated/α-hetero) is 1. The molecule has 3 rings (SSSR count). The Kier molecular flexibility index (Phi) is 6.28. The van der Waals surface area contributed by atoms with E-state index in [0.717, 1.165) is 0 Å². The van der Waals surface area contributed by atoms with Gasteiger partial charge in [-0.15, -0.1) is 0 Å². The number of carbonyl (C=O) groups excluding carboxylic acids is 3. The van der Waals surface area contributed by atoms with Crippen molar-refractivity contribution in [2.45, 2.75) is 39.2 Å². The van der Waals surface area contributed by atoms with Gasteiger partial charge in [0, 0.05) is 43.4 Å². The van der Waals surface area contributed by atoms with E-state index >= 15 is 0 Å². The minimum atomic E-state index is -0.684. The van der Waals surface area contributed by atoms with Gasteiger partial charge in [0.05, 0.1) is 11.3 Å². The molecule has 0 saturated carbocycles. The van der Waals surface area contributed by atoms with Gasteiger partial charge in [-0.3, -0.25) is 14.4 Å². The first-order valence-corrected chi connectivity index (χ1v) is 10.0. The number of ketones is 1. The van der Waals surface area contributed by atoms with Crippen molar-refractivity contribution in [1.29, 1.82) is 0 Å². The highest BCUT2D eigenvalue weighted by Gasteiger charge is 2.34. The SMILES string of the molecule is Cc1c(C(=O)Nc2ccnc(Cl)c2)c(C)n(C)c1C(=O)C(=O)NC1(C)CCOCC1. The Labute approximate surface area is 180 Å². The van der Waals surface area contributed by atoms with Crippen LogP contribution in [0.15, 0.2) is 18.3 Å². The molecule has 1 saturated heterocycles. The van der Waals surface area contributed by atoms with E-state index in [4.69, 9.17) is 16.3 Å². The van der Waals surface area contributed by atoms with Gasteiger partial charge in [-0.25, -0.2) is 4.98 Å². The number of halogens is 1. The molecule has 0 unspecified atom stereocenters. The maximum absolute atomic E-state index is 13.0. The maximum Gasteiger partial charge on any atom is 0.294 e. The Morgan fingerprint density at radius 3 is 2.53 bits per heavy atom. The van der Waals surface area contributed by atoms with Crippen LogP contribution in [0.5, 0.6) is 0 Å². The van der Waals surface area contributed by atoms with E-state index in [0.29, 0.717) is 48.6 Å². The van der Waals surface area contributed by atoms with Crippen molar-refractivity contribution in [2.24, 2.45) is 7.05 Å². The van der Waals surface area contributed by atoms with Crippen LogP contribution < -0.4 is 10.6 Å². The van der Waals surface area contributed by atoms with Gasteiger partial charge in [-0.1, -0.05) is 11.6 Å². The summed E-state index contributed by atoms with van der Waals surface area (Å²) < 4.78 is 6.92. The van der Waals surface area contributed by atoms with Crippen LogP contribution in [0.3, 0.4) is 0 Å². The summed E-state index contributed by atoms with van der Waals surface area (Å²) in [5, 5.41) is 5.86. The topological polar surface area (TPSA) is 102 Å². The minimum Gasteiger partial charge on any atom is -0.381 e. The summed E-state index contributed by atoms with van der Waals surface area (Å²) in [6.45, 7) is 6.38. The van der Waals surface area contributed by atoms with Gasteiger partial charge < -0.3 is 19.9 Å². The molecule has 1 aliphatic rings. The average molecular weight is 433 g/mol. The third kappa shape index (κ3) is 4.39. The van der Waals surface area contributed by atoms with Gasteiger partial charge in [-0.2, -0.15) is 0 Å². The van der Waals surface area contributed by atoms with Crippen molar-refractivity contribution in [3.05, 3.63) is 46.0 Å². The molecule has 0 radical (unpaired) electrons. The molecule has 2 aromatic heterocycles. The summed E-state index contributed by atoms with van der Waals surface area (Å²) in [5.41, 5.74) is 1.57. The van der Waals surface area contributed by atoms with Gasteiger partial charge in [0.25, 0.3) is 17.6 Å². The lowest BCUT2D eigenvalue weighted by atomic mass is 9.92. The summed E-state index contributed by atoms with van der Waals surface area (Å²) in [7, 11) is 1.67. The molecule has 8 nitrogen and oxygen atoms in total. The molecule has 0 atom stereocenters. The molecule has 30 heavy (non-hydrogen) atoms. The number of rotatable bonds is 5. The average Bonchev–Trinajstić information content (AvgIpc) is 2.90. The summed E-state index contributed by atoms with van der Waals surface area (Å²) in [6.07, 6.45) is 2.76. The van der Waals surface area contributed by atoms with Gasteiger partial charge >= 0.3 is 0 Å². The fourth-order valence-electron chi connectivity index (χ4n) is 3.69. The molecule has 2 aromatic rings. The molecular weight excluding hydrogens is 408 g/mol. The lowest BCUT2D eigenvalue weighted by Gasteiger charge is -2.34. The number of amides is 2. The summed E-state index contributed by atoms with van der Waals surface area (Å²) in [6, 6.07) is 3.15. The Balaban J connectivity index is 1.85. The molecular formula is C21H25ClN4O4. The predicted molar refractivity (Wildman–Crippen MR) is 113 cm³/mol. The number of hydrogen-bond donors (Lipinski definition) is 2. The maximum atomic E-state index is 13.0. The molecule has 2 N–H and O–H groups in total. The van der Waals surface area contributed by atoms with Gasteiger partial charge in [0.1, 0.15) is 5.15 Å². The zero-order chi connectivity index (χ0) is 22.1. The normalized spacial score (nSPS) is 15.5. The molecule has 0 aromatic carbocycles. The quantitative estimate of drug-likeness (QED) is 0.429. The van der Waals surface area contributed by atoms with E-state index in [1.54, 1.807) is 31.5 Å². The van der Waals surface area contributed by atoms with E-state index in [9.17, 15) is 14.4 Å². The van der Waals surface area contributed by atoms with Gasteiger partial charge in [0.2, 0.25) is 0 Å². The number of hydrogen-bond acceptors (Lipinski definition) is 5. The molecule has 2 amide bonds. The Morgan fingerprint density at radius 2 is 1.90 bits per heavy atom. The fourth-order valence-corrected chi connectivity index (χ4v) is 3.87. The Hall–Kier alpha value is -2.71. The molecule has 160 valence electrons. The van der Waals surface area contributed by atoms with E-state index in [2.05, 4.69) is 15.6 Å². The van der Waals surface area contributed by atoms with E-state index in [-0.39, 0.29) is 10.8 Å². The van der Waals surface area contributed by atoms with Crippen LogP contribution in [0.4, 0.5) is 5.69 Å². The molecule has 1 aliphatic heterocycles. The van der Waals surface area contributed by atoms with Crippen molar-refractivity contribution >= 4 is 34.9 Å². The van der Waals surface area contributed by atoms with Crippen LogP contribution in [0, 0.1) is 13.8 Å². The fraction of sp³-hybridized carbons (Fsp3) is 0.429. The highest BCUT2D eigenvalue weighted by Crippen LogP contribution is 2.25. The second kappa shape index (κ2) is 8.57. The molecule has 0 aliphatic carbocycles. The second-order valence-electron chi connectivity index (χ2n) is 7.77. The monoisotopic (exact) mass is 432 g/mol. The number of anilines is 1. The number of ether oxygens (including phenoxy) is 1. The zero-order valence-corrected chi connectivity index (χ0v) is 18.2. The largest absolute Gasteiger partial charge is 0.381 e. The van der Waals surface area contributed by atoms with Crippen LogP contribution in [0.2, 0.25) is 5.15 Å². The lowest BCUT2D eigenvalue weighted by molar-refractivity contribution is -0.119. The van der Waals surface area contributed by atoms with E-state index in [1.807, 2.05) is 6.92 Å². The predicted octanol–water partition coefficient (Wildman–Crippen LogP) is 2.81. The first-order valence-electron chi connectivity index (χ1n) is 9.66. The summed E-state index contributed by atoms with van der Waals surface area (Å²) >= 11 is 5.87. The molecule has 9 heteroatoms. The first kappa shape index (κ1) is 22.0. The highest BCUT2D eigenvalue weighted by atomic mass is 35.5. The molecule has 3 heterocycles. The standard InChI is InChI=1S/C21H25ClN4O4/c1-12-16(19(28)24-14-5-8-23-15(22)11-14)13(2)26(4)17(12)18(27)20(29)25-21(3)6-9-30-10-7-21/h5,8,11H,6-7,9-10H2,1-4H3,(H,25,29)(H,23,24,28). The van der Waals surface area contributed by atoms with E-state index in [1.165, 1.54) is 12.3 Å². The molecule has 0 bridgehead atoms. The van der Waals surface area contributed by atoms with Crippen LogP contribution in [0.1, 0.15) is 51.9 Å². The number of pyridine rings is 1. The minimum absolute atomic E-state index is 0.193. The Bertz CT molecular complexity index is 1010. The number of nitrogens with one attached hydrogen (secondary N) is 2. The Morgan fingerprint density at radius 1 is 1.23 bits per heavy atom. The van der Waals surface area contributed by atoms with Crippen molar-refractivity contribution < 1.29 is 19.1 Å². The van der Waals surface area contributed by atoms with Gasteiger partial charge in [-0.05, 0) is 51.3 Å². The molecule has 0 spiro atoms. The number of aromatic nitrogens is 2. The molecule has 1 fully saturated rings. The summed E-state index contributed by atoms with van der Waals surface area (Å²) in [5.74, 6) is -1.74. The number of nitrogens with zero attached hydrogens (tertiary/aromatic N) is 2. The van der Waals surface area contributed by atoms with Crippen LogP contribution in [-0.4, -0.2) is 45.9 Å². The van der Waals surface area contributed by atoms with Crippen molar-refractivity contribution in [3.8, 4) is 0 Å². The van der Waals surface area contributed by atoms with Crippen molar-refractivity contribution in [2.75, 3.05) is 18.5 Å². The van der Waals surface area contributed by atoms with Crippen LogP contribution >= 0.6 is 11.6 Å².